The van der Waals surface area contributed by atoms with E-state index >= 15 is 0 Å². The largest absolute Gasteiger partial charge is 0.480 e. The molecule has 0 N–H and O–H groups in total. The van der Waals surface area contributed by atoms with Crippen molar-refractivity contribution in [2.45, 2.75) is 31.7 Å². The van der Waals surface area contributed by atoms with E-state index in [0.717, 1.165) is 16.6 Å². The average molecular weight is 296 g/mol. The molecule has 5 nitrogen and oxygen atoms in total. The fourth-order valence-corrected chi connectivity index (χ4v) is 3.57. The molecule has 0 aliphatic heterocycles. The fourth-order valence-electron chi connectivity index (χ4n) is 3.57. The van der Waals surface area contributed by atoms with Gasteiger partial charge in [0.1, 0.15) is 0 Å². The summed E-state index contributed by atoms with van der Waals surface area (Å²) in [5, 5.41) is 5.63. The van der Waals surface area contributed by atoms with E-state index < -0.39 is 0 Å². The first-order valence-electron chi connectivity index (χ1n) is 7.81. The highest BCUT2D eigenvalue weighted by atomic mass is 16.5. The highest BCUT2D eigenvalue weighted by molar-refractivity contribution is 5.98. The third kappa shape index (κ3) is 2.00. The molecule has 0 amide bonds. The third-order valence-corrected chi connectivity index (χ3v) is 4.61. The monoisotopic (exact) mass is 296 g/mol. The summed E-state index contributed by atoms with van der Waals surface area (Å²) >= 11 is 0. The molecular weight excluding hydrogens is 276 g/mol. The second-order valence-electron chi connectivity index (χ2n) is 5.98. The highest BCUT2D eigenvalue weighted by Gasteiger charge is 2.23. The average Bonchev–Trinajstić information content (AvgIpc) is 3.24. The van der Waals surface area contributed by atoms with Crippen LogP contribution in [0.25, 0.3) is 22.2 Å². The molecule has 3 aromatic heterocycles. The first kappa shape index (κ1) is 13.4. The first-order valence-corrected chi connectivity index (χ1v) is 7.81. The second kappa shape index (κ2) is 5.16. The summed E-state index contributed by atoms with van der Waals surface area (Å²) in [6.07, 6.45) is 11.1. The number of rotatable bonds is 3. The van der Waals surface area contributed by atoms with Gasteiger partial charge in [-0.15, -0.1) is 0 Å². The molecule has 1 aliphatic rings. The summed E-state index contributed by atoms with van der Waals surface area (Å²) < 4.78 is 9.74. The van der Waals surface area contributed by atoms with E-state index in [4.69, 9.17) is 4.74 Å². The van der Waals surface area contributed by atoms with Crippen LogP contribution in [0.1, 0.15) is 31.7 Å². The van der Waals surface area contributed by atoms with Crippen molar-refractivity contribution in [3.63, 3.8) is 0 Å². The van der Waals surface area contributed by atoms with Crippen molar-refractivity contribution < 1.29 is 4.74 Å². The maximum Gasteiger partial charge on any atom is 0.223 e. The van der Waals surface area contributed by atoms with Gasteiger partial charge in [-0.2, -0.15) is 5.10 Å². The van der Waals surface area contributed by atoms with Gasteiger partial charge in [0.15, 0.2) is 0 Å². The van der Waals surface area contributed by atoms with Gasteiger partial charge >= 0.3 is 0 Å². The number of nitrogens with zero attached hydrogens (tertiary/aromatic N) is 4. The molecule has 22 heavy (non-hydrogen) atoms. The Balaban J connectivity index is 1.98. The maximum absolute atomic E-state index is 5.51. The van der Waals surface area contributed by atoms with Gasteiger partial charge in [0, 0.05) is 37.2 Å². The standard InChI is InChI=1S/C17H20N4O/c1-20-10-8-14(19-20)13-11-21(12-5-3-4-6-12)15-7-9-18-17(22-2)16(13)15/h7-12H,3-6H2,1-2H3. The zero-order chi connectivity index (χ0) is 15.1. The molecule has 0 radical (unpaired) electrons. The molecule has 0 unspecified atom stereocenters. The normalized spacial score (nSPS) is 15.7. The molecule has 3 aromatic rings. The van der Waals surface area contributed by atoms with Crippen molar-refractivity contribution in [2.75, 3.05) is 7.11 Å². The van der Waals surface area contributed by atoms with E-state index in [2.05, 4.69) is 26.9 Å². The first-order chi connectivity index (χ1) is 10.8. The van der Waals surface area contributed by atoms with Crippen molar-refractivity contribution in [3.05, 3.63) is 30.7 Å². The van der Waals surface area contributed by atoms with Gasteiger partial charge in [0.25, 0.3) is 0 Å². The van der Waals surface area contributed by atoms with Gasteiger partial charge in [-0.1, -0.05) is 12.8 Å². The molecule has 3 heterocycles. The van der Waals surface area contributed by atoms with Gasteiger partial charge in [-0.05, 0) is 25.0 Å². The Kier molecular flexibility index (Phi) is 3.13. The fraction of sp³-hybridized carbons (Fsp3) is 0.412. The van der Waals surface area contributed by atoms with Crippen LogP contribution < -0.4 is 4.74 Å². The van der Waals surface area contributed by atoms with Crippen molar-refractivity contribution in [1.82, 2.24) is 19.3 Å². The van der Waals surface area contributed by atoms with Crippen LogP contribution in [0.5, 0.6) is 5.88 Å². The molecule has 114 valence electrons. The predicted molar refractivity (Wildman–Crippen MR) is 86.0 cm³/mol. The second-order valence-corrected chi connectivity index (χ2v) is 5.98. The van der Waals surface area contributed by atoms with E-state index in [-0.39, 0.29) is 0 Å². The van der Waals surface area contributed by atoms with Gasteiger partial charge in [0.2, 0.25) is 5.88 Å². The van der Waals surface area contributed by atoms with Gasteiger partial charge in [-0.3, -0.25) is 4.68 Å². The molecular formula is C17H20N4O. The molecule has 1 aliphatic carbocycles. The molecule has 5 heteroatoms. The van der Waals surface area contributed by atoms with Crippen molar-refractivity contribution in [1.29, 1.82) is 0 Å². The summed E-state index contributed by atoms with van der Waals surface area (Å²) in [6, 6.07) is 4.70. The number of ether oxygens (including phenoxy) is 1. The molecule has 4 rings (SSSR count). The van der Waals surface area contributed by atoms with Crippen LogP contribution in [0.2, 0.25) is 0 Å². The molecule has 0 spiro atoms. The quantitative estimate of drug-likeness (QED) is 0.742. The van der Waals surface area contributed by atoms with Gasteiger partial charge in [0.05, 0.1) is 23.7 Å². The summed E-state index contributed by atoms with van der Waals surface area (Å²) in [4.78, 5) is 4.39. The molecule has 0 atom stereocenters. The van der Waals surface area contributed by atoms with Crippen LogP contribution in [-0.2, 0) is 7.05 Å². The van der Waals surface area contributed by atoms with Crippen molar-refractivity contribution in [2.24, 2.45) is 7.05 Å². The maximum atomic E-state index is 5.51. The number of pyridine rings is 1. The number of fused-ring (bicyclic) bond motifs is 1. The third-order valence-electron chi connectivity index (χ3n) is 4.61. The lowest BCUT2D eigenvalue weighted by atomic mass is 10.1. The topological polar surface area (TPSA) is 44.9 Å². The Morgan fingerprint density at radius 2 is 2.05 bits per heavy atom. The lowest BCUT2D eigenvalue weighted by Crippen LogP contribution is -2.02. The van der Waals surface area contributed by atoms with Crippen LogP contribution in [-0.4, -0.2) is 26.4 Å². The minimum atomic E-state index is 0.576. The Labute approximate surface area is 129 Å². The number of aromatic nitrogens is 4. The minimum Gasteiger partial charge on any atom is -0.480 e. The van der Waals surface area contributed by atoms with E-state index in [1.807, 2.05) is 30.2 Å². The minimum absolute atomic E-state index is 0.576. The summed E-state index contributed by atoms with van der Waals surface area (Å²) in [5.41, 5.74) is 3.27. The Morgan fingerprint density at radius 3 is 2.73 bits per heavy atom. The number of hydrogen-bond acceptors (Lipinski definition) is 3. The summed E-state index contributed by atoms with van der Waals surface area (Å²) in [6.45, 7) is 0. The predicted octanol–water partition coefficient (Wildman–Crippen LogP) is 3.56. The van der Waals surface area contributed by atoms with Crippen LogP contribution in [0.4, 0.5) is 0 Å². The van der Waals surface area contributed by atoms with E-state index in [1.54, 1.807) is 7.11 Å². The smallest absolute Gasteiger partial charge is 0.223 e. The van der Waals surface area contributed by atoms with E-state index in [9.17, 15) is 0 Å². The van der Waals surface area contributed by atoms with E-state index in [1.165, 1.54) is 31.2 Å². The highest BCUT2D eigenvalue weighted by Crippen LogP contribution is 2.40. The number of aryl methyl sites for hydroxylation is 1. The molecule has 0 aromatic carbocycles. The zero-order valence-corrected chi connectivity index (χ0v) is 13.0. The van der Waals surface area contributed by atoms with Crippen molar-refractivity contribution >= 4 is 10.9 Å². The number of hydrogen-bond donors (Lipinski definition) is 0. The molecule has 1 saturated carbocycles. The van der Waals surface area contributed by atoms with Crippen molar-refractivity contribution in [3.8, 4) is 17.1 Å². The van der Waals surface area contributed by atoms with Gasteiger partial charge < -0.3 is 9.30 Å². The SMILES string of the molecule is COc1nccc2c1c(-c1ccn(C)n1)cn2C1CCCC1. The van der Waals surface area contributed by atoms with E-state index in [0.29, 0.717) is 11.9 Å². The summed E-state index contributed by atoms with van der Waals surface area (Å²) in [7, 11) is 3.62. The van der Waals surface area contributed by atoms with Crippen LogP contribution in [0.15, 0.2) is 30.7 Å². The van der Waals surface area contributed by atoms with Crippen LogP contribution in [0, 0.1) is 0 Å². The summed E-state index contributed by atoms with van der Waals surface area (Å²) in [5.74, 6) is 0.676. The van der Waals surface area contributed by atoms with Gasteiger partial charge in [-0.25, -0.2) is 4.98 Å². The lowest BCUT2D eigenvalue weighted by molar-refractivity contribution is 0.403. The zero-order valence-electron chi connectivity index (χ0n) is 13.0. The Bertz CT molecular complexity index is 811. The lowest BCUT2D eigenvalue weighted by Gasteiger charge is -2.13. The molecule has 0 bridgehead atoms. The number of methoxy groups -OCH3 is 1. The van der Waals surface area contributed by atoms with Crippen LogP contribution in [0.3, 0.4) is 0 Å². The molecule has 1 fully saturated rings. The Morgan fingerprint density at radius 1 is 1.23 bits per heavy atom. The van der Waals surface area contributed by atoms with Crippen LogP contribution >= 0.6 is 0 Å². The Hall–Kier alpha value is -2.30. The molecule has 0 saturated heterocycles.